The largest absolute Gasteiger partial charge is 0.466 e. The lowest BCUT2D eigenvalue weighted by atomic mass is 10.0. The molecule has 0 radical (unpaired) electrons. The second-order valence-corrected chi connectivity index (χ2v) is 18.9. The van der Waals surface area contributed by atoms with E-state index in [-0.39, 0.29) is 18.5 Å². The zero-order valence-corrected chi connectivity index (χ0v) is 42.1. The van der Waals surface area contributed by atoms with E-state index in [0.717, 1.165) is 64.2 Å². The van der Waals surface area contributed by atoms with E-state index >= 15 is 0 Å². The predicted molar refractivity (Wildman–Crippen MR) is 273 cm³/mol. The maximum Gasteiger partial charge on any atom is 0.305 e. The molecule has 63 heavy (non-hydrogen) atoms. The van der Waals surface area contributed by atoms with E-state index in [1.165, 1.54) is 199 Å². The number of aliphatic hydroxyl groups excluding tert-OH is 2. The summed E-state index contributed by atoms with van der Waals surface area (Å²) in [6.07, 6.45) is 64.4. The van der Waals surface area contributed by atoms with Gasteiger partial charge in [-0.3, -0.25) is 9.59 Å². The van der Waals surface area contributed by atoms with Crippen LogP contribution in [0.5, 0.6) is 0 Å². The van der Waals surface area contributed by atoms with Gasteiger partial charge in [0.15, 0.2) is 0 Å². The number of allylic oxidation sites excluding steroid dienone is 5. The molecule has 2 unspecified atom stereocenters. The van der Waals surface area contributed by atoms with Crippen molar-refractivity contribution in [1.82, 2.24) is 5.32 Å². The molecule has 0 aromatic rings. The molecule has 0 aromatic carbocycles. The summed E-state index contributed by atoms with van der Waals surface area (Å²) in [7, 11) is 0. The number of rotatable bonds is 51. The van der Waals surface area contributed by atoms with Crippen LogP contribution in [0.4, 0.5) is 0 Å². The van der Waals surface area contributed by atoms with Crippen molar-refractivity contribution in [2.75, 3.05) is 13.2 Å². The van der Waals surface area contributed by atoms with Crippen molar-refractivity contribution in [2.45, 2.75) is 302 Å². The highest BCUT2D eigenvalue weighted by Gasteiger charge is 2.18. The standard InChI is InChI=1S/C57H107NO5/c1-3-5-7-9-11-13-15-17-21-25-29-33-37-41-45-49-55(60)54(53-59)58-56(61)50-46-42-38-34-30-26-23-19-20-24-28-32-36-40-44-48-52-63-57(62)51-47-43-39-35-31-27-22-18-16-14-12-10-8-6-4-2/h18-19,22-23,45,49,54-55,59-60H,3-17,20-21,24-44,46-48,50-53H2,1-2H3,(H,58,61)/b22-18-,23-19-,49-45+. The van der Waals surface area contributed by atoms with Crippen molar-refractivity contribution in [2.24, 2.45) is 0 Å². The minimum absolute atomic E-state index is 0.0121. The molecule has 0 aliphatic rings. The average Bonchev–Trinajstić information content (AvgIpc) is 3.28. The average molecular weight is 886 g/mol. The van der Waals surface area contributed by atoms with Gasteiger partial charge >= 0.3 is 5.97 Å². The van der Waals surface area contributed by atoms with Gasteiger partial charge in [-0.25, -0.2) is 0 Å². The van der Waals surface area contributed by atoms with Crippen LogP contribution < -0.4 is 5.32 Å². The van der Waals surface area contributed by atoms with Gasteiger partial charge < -0.3 is 20.3 Å². The van der Waals surface area contributed by atoms with Crippen LogP contribution in [0.3, 0.4) is 0 Å². The third-order valence-corrected chi connectivity index (χ3v) is 12.6. The number of carbonyl (C=O) groups is 2. The van der Waals surface area contributed by atoms with E-state index in [4.69, 9.17) is 4.74 Å². The summed E-state index contributed by atoms with van der Waals surface area (Å²) in [5.74, 6) is -0.0973. The van der Waals surface area contributed by atoms with Crippen LogP contribution >= 0.6 is 0 Å². The van der Waals surface area contributed by atoms with Crippen LogP contribution in [0.1, 0.15) is 290 Å². The molecular formula is C57H107NO5. The molecule has 0 aliphatic heterocycles. The number of amides is 1. The summed E-state index contributed by atoms with van der Waals surface area (Å²) in [4.78, 5) is 24.5. The van der Waals surface area contributed by atoms with Gasteiger partial charge in [0, 0.05) is 12.8 Å². The smallest absolute Gasteiger partial charge is 0.305 e. The summed E-state index contributed by atoms with van der Waals surface area (Å²) in [6.45, 7) is 4.87. The van der Waals surface area contributed by atoms with Gasteiger partial charge in [0.25, 0.3) is 0 Å². The van der Waals surface area contributed by atoms with Gasteiger partial charge in [-0.15, -0.1) is 0 Å². The Hall–Kier alpha value is -1.92. The molecular weight excluding hydrogens is 779 g/mol. The maximum absolute atomic E-state index is 12.4. The molecule has 3 N–H and O–H groups in total. The second-order valence-electron chi connectivity index (χ2n) is 18.9. The van der Waals surface area contributed by atoms with E-state index in [2.05, 4.69) is 43.5 Å². The van der Waals surface area contributed by atoms with Gasteiger partial charge in [0.05, 0.1) is 25.4 Å². The predicted octanol–water partition coefficient (Wildman–Crippen LogP) is 16.9. The number of ether oxygens (including phenoxy) is 1. The SMILES string of the molecule is CCCCCCCC/C=C\CCCCCCCC(=O)OCCCCCCCCC/C=C\CCCCCCCC(=O)NC(CO)C(O)/C=C/CCCCCCCCCCCCCCC. The summed E-state index contributed by atoms with van der Waals surface area (Å²) in [6, 6.07) is -0.640. The molecule has 6 nitrogen and oxygen atoms in total. The number of esters is 1. The number of aliphatic hydroxyl groups is 2. The normalized spacial score (nSPS) is 12.9. The Labute approximate surface area is 392 Å². The number of nitrogens with one attached hydrogen (secondary N) is 1. The first kappa shape index (κ1) is 61.1. The minimum atomic E-state index is -0.855. The first-order valence-corrected chi connectivity index (χ1v) is 27.8. The van der Waals surface area contributed by atoms with Crippen LogP contribution in [0.2, 0.25) is 0 Å². The van der Waals surface area contributed by atoms with Crippen molar-refractivity contribution in [3.8, 4) is 0 Å². The van der Waals surface area contributed by atoms with Crippen molar-refractivity contribution in [3.05, 3.63) is 36.5 Å². The van der Waals surface area contributed by atoms with Gasteiger partial charge in [0.2, 0.25) is 5.91 Å². The third kappa shape index (κ3) is 49.4. The van der Waals surface area contributed by atoms with Crippen LogP contribution in [-0.2, 0) is 14.3 Å². The third-order valence-electron chi connectivity index (χ3n) is 12.6. The fraction of sp³-hybridized carbons (Fsp3) is 0.860. The molecule has 0 saturated carbocycles. The van der Waals surface area contributed by atoms with E-state index in [0.29, 0.717) is 19.4 Å². The molecule has 0 spiro atoms. The molecule has 2 atom stereocenters. The Kier molecular flexibility index (Phi) is 51.1. The number of carbonyl (C=O) groups excluding carboxylic acids is 2. The van der Waals surface area contributed by atoms with Gasteiger partial charge in [-0.1, -0.05) is 230 Å². The number of hydrogen-bond acceptors (Lipinski definition) is 5. The minimum Gasteiger partial charge on any atom is -0.466 e. The lowest BCUT2D eigenvalue weighted by molar-refractivity contribution is -0.143. The molecule has 6 heteroatoms. The molecule has 0 saturated heterocycles. The molecule has 0 aliphatic carbocycles. The van der Waals surface area contributed by atoms with E-state index in [1.54, 1.807) is 6.08 Å². The van der Waals surface area contributed by atoms with Gasteiger partial charge in [-0.05, 0) is 83.5 Å². The molecule has 0 fully saturated rings. The quantitative estimate of drug-likeness (QED) is 0.0321. The Morgan fingerprint density at radius 3 is 1.13 bits per heavy atom. The fourth-order valence-electron chi connectivity index (χ4n) is 8.33. The maximum atomic E-state index is 12.4. The molecule has 0 heterocycles. The first-order valence-electron chi connectivity index (χ1n) is 27.8. The molecule has 1 amide bonds. The Balaban J connectivity index is 3.50. The Morgan fingerprint density at radius 2 is 0.746 bits per heavy atom. The van der Waals surface area contributed by atoms with Crippen LogP contribution in [0.15, 0.2) is 36.5 Å². The lowest BCUT2D eigenvalue weighted by Gasteiger charge is -2.20. The fourth-order valence-corrected chi connectivity index (χ4v) is 8.33. The zero-order valence-electron chi connectivity index (χ0n) is 42.1. The van der Waals surface area contributed by atoms with E-state index in [1.807, 2.05) is 6.08 Å². The van der Waals surface area contributed by atoms with Crippen molar-refractivity contribution < 1.29 is 24.5 Å². The summed E-state index contributed by atoms with van der Waals surface area (Å²) in [5.41, 5.74) is 0. The Morgan fingerprint density at radius 1 is 0.429 bits per heavy atom. The first-order chi connectivity index (χ1) is 31.0. The monoisotopic (exact) mass is 886 g/mol. The topological polar surface area (TPSA) is 95.9 Å². The van der Waals surface area contributed by atoms with E-state index < -0.39 is 12.1 Å². The van der Waals surface area contributed by atoms with Crippen LogP contribution in [0, 0.1) is 0 Å². The molecule has 370 valence electrons. The van der Waals surface area contributed by atoms with E-state index in [9.17, 15) is 19.8 Å². The number of hydrogen-bond donors (Lipinski definition) is 3. The van der Waals surface area contributed by atoms with Crippen LogP contribution in [-0.4, -0.2) is 47.4 Å². The zero-order chi connectivity index (χ0) is 45.8. The summed E-state index contributed by atoms with van der Waals surface area (Å²) < 4.78 is 5.46. The van der Waals surface area contributed by atoms with Crippen LogP contribution in [0.25, 0.3) is 0 Å². The van der Waals surface area contributed by atoms with Crippen molar-refractivity contribution in [3.63, 3.8) is 0 Å². The second kappa shape index (κ2) is 52.7. The van der Waals surface area contributed by atoms with Crippen molar-refractivity contribution in [1.29, 1.82) is 0 Å². The highest BCUT2D eigenvalue weighted by Crippen LogP contribution is 2.15. The molecule has 0 aromatic heterocycles. The highest BCUT2D eigenvalue weighted by atomic mass is 16.5. The lowest BCUT2D eigenvalue weighted by Crippen LogP contribution is -2.45. The molecule has 0 bridgehead atoms. The Bertz CT molecular complexity index is 1020. The van der Waals surface area contributed by atoms with Gasteiger partial charge in [0.1, 0.15) is 0 Å². The summed E-state index contributed by atoms with van der Waals surface area (Å²) in [5, 5.41) is 23.1. The highest BCUT2D eigenvalue weighted by molar-refractivity contribution is 5.76. The van der Waals surface area contributed by atoms with Crippen molar-refractivity contribution >= 4 is 11.9 Å². The molecule has 0 rings (SSSR count). The summed E-state index contributed by atoms with van der Waals surface area (Å²) >= 11 is 0. The number of unbranched alkanes of at least 4 members (excludes halogenated alkanes) is 36. The van der Waals surface area contributed by atoms with Gasteiger partial charge in [-0.2, -0.15) is 0 Å².